The fraction of sp³-hybridized carbons (Fsp3) is 0.706. The molecule has 0 bridgehead atoms. The fourth-order valence-electron chi connectivity index (χ4n) is 2.97. The molecule has 0 radical (unpaired) electrons. The molecule has 11 nitrogen and oxygen atoms in total. The first-order valence-corrected chi connectivity index (χ1v) is 9.13. The minimum Gasteiger partial charge on any atom is -0.480 e. The number of carbonyl (C=O) groups is 5. The third-order valence-electron chi connectivity index (χ3n) is 4.50. The molecule has 1 rings (SSSR count). The molecule has 7 N–H and O–H groups in total. The van der Waals surface area contributed by atoms with Gasteiger partial charge in [0.15, 0.2) is 0 Å². The van der Waals surface area contributed by atoms with Crippen molar-refractivity contribution in [3.05, 3.63) is 0 Å². The van der Waals surface area contributed by atoms with Crippen molar-refractivity contribution in [2.45, 2.75) is 64.2 Å². The average Bonchev–Trinajstić information content (AvgIpc) is 3.06. The van der Waals surface area contributed by atoms with Gasteiger partial charge in [0.05, 0.1) is 12.5 Å². The molecular weight excluding hydrogens is 370 g/mol. The Morgan fingerprint density at radius 1 is 1.14 bits per heavy atom. The van der Waals surface area contributed by atoms with E-state index >= 15 is 0 Å². The Morgan fingerprint density at radius 3 is 2.21 bits per heavy atom. The number of likely N-dealkylation sites (tertiary alicyclic amines) is 1. The summed E-state index contributed by atoms with van der Waals surface area (Å²) >= 11 is 0. The lowest BCUT2D eigenvalue weighted by Crippen LogP contribution is -2.57. The average molecular weight is 399 g/mol. The van der Waals surface area contributed by atoms with Crippen molar-refractivity contribution < 1.29 is 29.1 Å². The van der Waals surface area contributed by atoms with E-state index in [1.807, 2.05) is 0 Å². The number of hydrogen-bond acceptors (Lipinski definition) is 6. The van der Waals surface area contributed by atoms with Gasteiger partial charge in [-0.25, -0.2) is 4.79 Å². The molecule has 1 saturated heterocycles. The van der Waals surface area contributed by atoms with Crippen molar-refractivity contribution in [2.75, 3.05) is 6.54 Å². The highest BCUT2D eigenvalue weighted by Gasteiger charge is 2.39. The predicted octanol–water partition coefficient (Wildman–Crippen LogP) is -2.09. The number of nitrogens with two attached hydrogens (primary N) is 2. The fourth-order valence-corrected chi connectivity index (χ4v) is 2.97. The molecule has 1 aliphatic rings. The van der Waals surface area contributed by atoms with Gasteiger partial charge in [0.25, 0.3) is 0 Å². The smallest absolute Gasteiger partial charge is 0.326 e. The number of aliphatic carboxylic acids is 1. The lowest BCUT2D eigenvalue weighted by atomic mass is 10.0. The second kappa shape index (κ2) is 10.0. The zero-order valence-electron chi connectivity index (χ0n) is 16.3. The van der Waals surface area contributed by atoms with Crippen LogP contribution in [0.5, 0.6) is 0 Å². The topological polar surface area (TPSA) is 185 Å². The number of carboxylic acids is 1. The molecule has 0 aromatic heterocycles. The molecule has 0 aromatic rings. The van der Waals surface area contributed by atoms with Crippen LogP contribution in [0.2, 0.25) is 0 Å². The summed E-state index contributed by atoms with van der Waals surface area (Å²) in [6.45, 7) is 4.97. The van der Waals surface area contributed by atoms with Gasteiger partial charge in [0, 0.05) is 6.54 Å². The highest BCUT2D eigenvalue weighted by atomic mass is 16.4. The molecule has 4 atom stereocenters. The number of rotatable bonds is 9. The van der Waals surface area contributed by atoms with E-state index in [1.54, 1.807) is 13.8 Å². The highest BCUT2D eigenvalue weighted by molar-refractivity contribution is 5.96. The van der Waals surface area contributed by atoms with Crippen LogP contribution in [0.15, 0.2) is 0 Å². The first-order chi connectivity index (χ1) is 13.0. The maximum absolute atomic E-state index is 12.9. The van der Waals surface area contributed by atoms with Crippen molar-refractivity contribution in [1.82, 2.24) is 15.5 Å². The molecular formula is C17H29N5O6. The number of carboxylic acid groups (broad SMARTS) is 1. The van der Waals surface area contributed by atoms with Gasteiger partial charge < -0.3 is 32.1 Å². The minimum absolute atomic E-state index is 0.236. The lowest BCUT2D eigenvalue weighted by molar-refractivity contribution is -0.146. The predicted molar refractivity (Wildman–Crippen MR) is 98.5 cm³/mol. The number of amides is 4. The summed E-state index contributed by atoms with van der Waals surface area (Å²) in [5, 5.41) is 14.1. The van der Waals surface area contributed by atoms with Gasteiger partial charge in [-0.15, -0.1) is 0 Å². The second-order valence-corrected chi connectivity index (χ2v) is 7.28. The van der Waals surface area contributed by atoms with Crippen LogP contribution in [-0.2, 0) is 24.0 Å². The number of primary amides is 1. The zero-order valence-corrected chi connectivity index (χ0v) is 16.3. The normalized spacial score (nSPS) is 19.6. The molecule has 0 aromatic carbocycles. The molecule has 4 amide bonds. The van der Waals surface area contributed by atoms with E-state index in [0.29, 0.717) is 12.8 Å². The summed E-state index contributed by atoms with van der Waals surface area (Å²) < 4.78 is 0. The van der Waals surface area contributed by atoms with E-state index in [9.17, 15) is 29.1 Å². The van der Waals surface area contributed by atoms with Crippen LogP contribution in [0.25, 0.3) is 0 Å². The van der Waals surface area contributed by atoms with Crippen molar-refractivity contribution >= 4 is 29.6 Å². The standard InChI is InChI=1S/C17H29N5O6/c1-8(2)13(17(27)28)21-15(25)11-5-4-6-22(11)16(26)10(7-12(19)23)20-14(24)9(3)18/h8-11,13H,4-7,18H2,1-3H3,(H2,19,23)(H,20,24)(H,21,25)(H,27,28). The molecule has 0 spiro atoms. The largest absolute Gasteiger partial charge is 0.480 e. The Kier molecular flexibility index (Phi) is 8.35. The number of nitrogens with zero attached hydrogens (tertiary/aromatic N) is 1. The maximum atomic E-state index is 12.9. The zero-order chi connectivity index (χ0) is 21.6. The Hall–Kier alpha value is -2.69. The molecule has 0 saturated carbocycles. The molecule has 158 valence electrons. The van der Waals surface area contributed by atoms with E-state index in [0.717, 1.165) is 0 Å². The Balaban J connectivity index is 2.96. The molecule has 11 heteroatoms. The van der Waals surface area contributed by atoms with Crippen molar-refractivity contribution in [3.8, 4) is 0 Å². The van der Waals surface area contributed by atoms with Crippen molar-refractivity contribution in [3.63, 3.8) is 0 Å². The van der Waals surface area contributed by atoms with E-state index < -0.39 is 60.2 Å². The van der Waals surface area contributed by atoms with Gasteiger partial charge in [-0.05, 0) is 25.7 Å². The van der Waals surface area contributed by atoms with Gasteiger partial charge in [-0.1, -0.05) is 13.8 Å². The maximum Gasteiger partial charge on any atom is 0.326 e. The monoisotopic (exact) mass is 399 g/mol. The van der Waals surface area contributed by atoms with E-state index in [4.69, 9.17) is 11.5 Å². The molecule has 1 heterocycles. The van der Waals surface area contributed by atoms with Crippen LogP contribution >= 0.6 is 0 Å². The summed E-state index contributed by atoms with van der Waals surface area (Å²) in [5.41, 5.74) is 10.7. The number of carbonyl (C=O) groups excluding carboxylic acids is 4. The summed E-state index contributed by atoms with van der Waals surface area (Å²) in [6, 6.07) is -4.13. The first-order valence-electron chi connectivity index (χ1n) is 9.13. The quantitative estimate of drug-likeness (QED) is 0.294. The van der Waals surface area contributed by atoms with Gasteiger partial charge in [-0.2, -0.15) is 0 Å². The van der Waals surface area contributed by atoms with E-state index in [2.05, 4.69) is 10.6 Å². The number of nitrogens with one attached hydrogen (secondary N) is 2. The summed E-state index contributed by atoms with van der Waals surface area (Å²) in [4.78, 5) is 61.2. The van der Waals surface area contributed by atoms with Gasteiger partial charge >= 0.3 is 5.97 Å². The van der Waals surface area contributed by atoms with Crippen LogP contribution in [-0.4, -0.2) is 70.3 Å². The summed E-state index contributed by atoms with van der Waals surface area (Å²) in [7, 11) is 0. The summed E-state index contributed by atoms with van der Waals surface area (Å²) in [5.74, 6) is -4.18. The van der Waals surface area contributed by atoms with Crippen LogP contribution in [0.1, 0.15) is 40.0 Å². The molecule has 0 aliphatic carbocycles. The highest BCUT2D eigenvalue weighted by Crippen LogP contribution is 2.20. The summed E-state index contributed by atoms with van der Waals surface area (Å²) in [6.07, 6.45) is 0.423. The van der Waals surface area contributed by atoms with Crippen LogP contribution in [0.3, 0.4) is 0 Å². The third kappa shape index (κ3) is 6.19. The van der Waals surface area contributed by atoms with Crippen molar-refractivity contribution in [1.29, 1.82) is 0 Å². The van der Waals surface area contributed by atoms with E-state index in [-0.39, 0.29) is 12.5 Å². The van der Waals surface area contributed by atoms with Crippen molar-refractivity contribution in [2.24, 2.45) is 17.4 Å². The molecule has 1 fully saturated rings. The van der Waals surface area contributed by atoms with Gasteiger partial charge in [0.2, 0.25) is 23.6 Å². The number of hydrogen-bond donors (Lipinski definition) is 5. The van der Waals surface area contributed by atoms with Gasteiger partial charge in [0.1, 0.15) is 18.1 Å². The minimum atomic E-state index is -1.25. The molecule has 4 unspecified atom stereocenters. The van der Waals surface area contributed by atoms with E-state index in [1.165, 1.54) is 11.8 Å². The SMILES string of the molecule is CC(N)C(=O)NC(CC(N)=O)C(=O)N1CCCC1C(=O)NC(C(=O)O)C(C)C. The Labute approximate surface area is 163 Å². The Bertz CT molecular complexity index is 636. The Morgan fingerprint density at radius 2 is 1.75 bits per heavy atom. The molecule has 28 heavy (non-hydrogen) atoms. The van der Waals surface area contributed by atoms with Crippen LogP contribution in [0.4, 0.5) is 0 Å². The van der Waals surface area contributed by atoms with Crippen LogP contribution in [0, 0.1) is 5.92 Å². The third-order valence-corrected chi connectivity index (χ3v) is 4.50. The molecule has 1 aliphatic heterocycles. The van der Waals surface area contributed by atoms with Crippen LogP contribution < -0.4 is 22.1 Å². The first kappa shape index (κ1) is 23.3. The lowest BCUT2D eigenvalue weighted by Gasteiger charge is -2.29. The van der Waals surface area contributed by atoms with Gasteiger partial charge in [-0.3, -0.25) is 19.2 Å². The second-order valence-electron chi connectivity index (χ2n) is 7.28.